The summed E-state index contributed by atoms with van der Waals surface area (Å²) in [6.45, 7) is 0. The van der Waals surface area contributed by atoms with Crippen LogP contribution < -0.4 is 14.4 Å². The molecule has 0 amide bonds. The highest BCUT2D eigenvalue weighted by atomic mass is 16.5. The van der Waals surface area contributed by atoms with E-state index in [1.807, 2.05) is 0 Å². The number of fused-ring (bicyclic) bond motifs is 21. The second-order valence-corrected chi connectivity index (χ2v) is 22.9. The van der Waals surface area contributed by atoms with Crippen LogP contribution in [0, 0.1) is 0 Å². The number of ether oxygens (including phenoxy) is 2. The van der Waals surface area contributed by atoms with Gasteiger partial charge in [0.25, 0.3) is 0 Å². The molecular formula is C81H51NO2. The Labute approximate surface area is 488 Å². The average Bonchev–Trinajstić information content (AvgIpc) is 1.75. The van der Waals surface area contributed by atoms with Gasteiger partial charge in [0.15, 0.2) is 0 Å². The fourth-order valence-electron chi connectivity index (χ4n) is 15.8. The van der Waals surface area contributed by atoms with E-state index in [0.29, 0.717) is 0 Å². The molecule has 3 aliphatic carbocycles. The smallest absolute Gasteiger partial charge is 0.132 e. The Bertz CT molecular complexity index is 4730. The zero-order valence-electron chi connectivity index (χ0n) is 45.7. The molecule has 392 valence electrons. The maximum atomic E-state index is 6.81. The molecule has 3 heteroatoms. The van der Waals surface area contributed by atoms with Gasteiger partial charge in [-0.3, -0.25) is 0 Å². The third kappa shape index (κ3) is 6.15. The maximum absolute atomic E-state index is 6.81. The van der Waals surface area contributed by atoms with Crippen molar-refractivity contribution in [3.05, 3.63) is 376 Å². The van der Waals surface area contributed by atoms with E-state index >= 15 is 0 Å². The Morgan fingerprint density at radius 1 is 0.202 bits per heavy atom. The van der Waals surface area contributed by atoms with E-state index in [1.54, 1.807) is 0 Å². The van der Waals surface area contributed by atoms with Gasteiger partial charge in [0.05, 0.1) is 16.2 Å². The third-order valence-corrected chi connectivity index (χ3v) is 19.1. The monoisotopic (exact) mass is 1070 g/mol. The minimum Gasteiger partial charge on any atom is -0.457 e. The Balaban J connectivity index is 0.858. The Morgan fingerprint density at radius 2 is 0.500 bits per heavy atom. The van der Waals surface area contributed by atoms with Gasteiger partial charge in [-0.2, -0.15) is 0 Å². The minimum absolute atomic E-state index is 0.567. The molecule has 2 heterocycles. The highest BCUT2D eigenvalue weighted by Gasteiger charge is 2.53. The van der Waals surface area contributed by atoms with Gasteiger partial charge in [-0.05, 0) is 156 Å². The molecule has 3 nitrogen and oxygen atoms in total. The van der Waals surface area contributed by atoms with Gasteiger partial charge >= 0.3 is 0 Å². The van der Waals surface area contributed by atoms with E-state index in [0.717, 1.165) is 73.4 Å². The van der Waals surface area contributed by atoms with Crippen molar-refractivity contribution < 1.29 is 9.47 Å². The second-order valence-electron chi connectivity index (χ2n) is 22.9. The quantitative estimate of drug-likeness (QED) is 0.166. The van der Waals surface area contributed by atoms with Gasteiger partial charge in [0.1, 0.15) is 23.0 Å². The van der Waals surface area contributed by atoms with Crippen LogP contribution in [0.2, 0.25) is 0 Å². The highest BCUT2D eigenvalue weighted by molar-refractivity contribution is 5.95. The topological polar surface area (TPSA) is 21.7 Å². The summed E-state index contributed by atoms with van der Waals surface area (Å²) < 4.78 is 13.5. The molecular weight excluding hydrogens is 1020 g/mol. The molecule has 0 N–H and O–H groups in total. The molecule has 0 saturated carbocycles. The highest BCUT2D eigenvalue weighted by Crippen LogP contribution is 2.65. The van der Waals surface area contributed by atoms with Gasteiger partial charge in [-0.15, -0.1) is 0 Å². The first-order valence-corrected chi connectivity index (χ1v) is 29.1. The largest absolute Gasteiger partial charge is 0.457 e. The first-order chi connectivity index (χ1) is 41.6. The summed E-state index contributed by atoms with van der Waals surface area (Å²) in [5.74, 6) is 3.53. The zero-order chi connectivity index (χ0) is 55.1. The molecule has 13 aromatic rings. The van der Waals surface area contributed by atoms with Gasteiger partial charge < -0.3 is 14.4 Å². The molecule has 13 aromatic carbocycles. The van der Waals surface area contributed by atoms with E-state index in [-0.39, 0.29) is 0 Å². The molecule has 2 spiro atoms. The van der Waals surface area contributed by atoms with Crippen LogP contribution in [0.1, 0.15) is 66.8 Å². The maximum Gasteiger partial charge on any atom is 0.132 e. The van der Waals surface area contributed by atoms with Crippen molar-refractivity contribution >= 4 is 17.1 Å². The standard InChI is InChI=1S/C81H51NO2/c1-3-21-54(22-4-1)79(55-23-5-2-6-24-55)65-28-10-7-25-59(65)63-47-44-57(50-73(63)79)82(58-45-48-64-61-27-9-12-30-67(61)81(74(64)51-58)70-33-15-19-37-77(70)84-78-38-20-16-34-71(78)81)56-42-39-52(40-43-56)53-41-46-62-60-26-8-11-29-66(60)80(72(62)49-53)68-31-13-17-35-75(68)83-76-36-18-14-32-69(76)80/h1-51H. The summed E-state index contributed by atoms with van der Waals surface area (Å²) in [6, 6.07) is 114. The molecule has 0 atom stereocenters. The van der Waals surface area contributed by atoms with E-state index in [1.165, 1.54) is 77.9 Å². The van der Waals surface area contributed by atoms with Crippen LogP contribution in [0.15, 0.2) is 309 Å². The van der Waals surface area contributed by atoms with E-state index < -0.39 is 16.2 Å². The van der Waals surface area contributed by atoms with Crippen LogP contribution in [0.25, 0.3) is 44.5 Å². The van der Waals surface area contributed by atoms with Crippen molar-refractivity contribution in [3.63, 3.8) is 0 Å². The molecule has 5 aliphatic rings. The first kappa shape index (κ1) is 47.0. The third-order valence-electron chi connectivity index (χ3n) is 19.1. The van der Waals surface area contributed by atoms with Crippen LogP contribution in [0.3, 0.4) is 0 Å². The van der Waals surface area contributed by atoms with Crippen LogP contribution in [0.5, 0.6) is 23.0 Å². The molecule has 84 heavy (non-hydrogen) atoms. The van der Waals surface area contributed by atoms with E-state index in [9.17, 15) is 0 Å². The molecule has 0 unspecified atom stereocenters. The Hall–Kier alpha value is -10.7. The first-order valence-electron chi connectivity index (χ1n) is 29.1. The lowest BCUT2D eigenvalue weighted by molar-refractivity contribution is 0.436. The summed E-state index contributed by atoms with van der Waals surface area (Å²) >= 11 is 0. The van der Waals surface area contributed by atoms with E-state index in [4.69, 9.17) is 9.47 Å². The number of para-hydroxylation sites is 4. The zero-order valence-corrected chi connectivity index (χ0v) is 45.7. The number of anilines is 3. The molecule has 0 bridgehead atoms. The van der Waals surface area contributed by atoms with Gasteiger partial charge in [0.2, 0.25) is 0 Å². The number of nitrogens with zero attached hydrogens (tertiary/aromatic N) is 1. The Kier molecular flexibility index (Phi) is 9.86. The van der Waals surface area contributed by atoms with Crippen LogP contribution in [0.4, 0.5) is 17.1 Å². The minimum atomic E-state index is -0.645. The van der Waals surface area contributed by atoms with Gasteiger partial charge in [-0.25, -0.2) is 0 Å². The summed E-state index contributed by atoms with van der Waals surface area (Å²) in [5, 5.41) is 0. The van der Waals surface area contributed by atoms with Crippen LogP contribution in [-0.2, 0) is 16.2 Å². The van der Waals surface area contributed by atoms with Crippen molar-refractivity contribution in [2.75, 3.05) is 4.90 Å². The summed E-state index contributed by atoms with van der Waals surface area (Å²) in [7, 11) is 0. The van der Waals surface area contributed by atoms with Crippen molar-refractivity contribution in [2.45, 2.75) is 16.2 Å². The number of benzene rings is 13. The van der Waals surface area contributed by atoms with Gasteiger partial charge in [-0.1, -0.05) is 243 Å². The molecule has 0 radical (unpaired) electrons. The number of rotatable bonds is 6. The number of hydrogen-bond donors (Lipinski definition) is 0. The van der Waals surface area contributed by atoms with Gasteiger partial charge in [0, 0.05) is 39.3 Å². The summed E-state index contributed by atoms with van der Waals surface area (Å²) in [6.07, 6.45) is 0. The van der Waals surface area contributed by atoms with Crippen molar-refractivity contribution in [3.8, 4) is 67.5 Å². The van der Waals surface area contributed by atoms with Crippen molar-refractivity contribution in [2.24, 2.45) is 0 Å². The lowest BCUT2D eigenvalue weighted by Gasteiger charge is -2.39. The van der Waals surface area contributed by atoms with E-state index in [2.05, 4.69) is 314 Å². The number of hydrogen-bond acceptors (Lipinski definition) is 3. The predicted molar refractivity (Wildman–Crippen MR) is 339 cm³/mol. The Morgan fingerprint density at radius 3 is 0.929 bits per heavy atom. The fraction of sp³-hybridized carbons (Fsp3) is 0.0370. The SMILES string of the molecule is c1ccc(C2(c3ccccc3)c3ccccc3-c3ccc(N(c4ccc(-c5ccc6c(c5)C5(c7ccccc7Oc7ccccc75)c5ccccc5-6)cc4)c4ccc5c(c4)C4(c6ccccc6Oc6ccccc64)c4ccccc4-5)cc32)cc1. The average molecular weight is 1070 g/mol. The second kappa shape index (κ2) is 17.6. The fourth-order valence-corrected chi connectivity index (χ4v) is 15.8. The molecule has 18 rings (SSSR count). The van der Waals surface area contributed by atoms with Crippen LogP contribution >= 0.6 is 0 Å². The lowest BCUT2D eigenvalue weighted by atomic mass is 9.66. The normalized spacial score (nSPS) is 14.7. The van der Waals surface area contributed by atoms with Crippen molar-refractivity contribution in [1.29, 1.82) is 0 Å². The molecule has 0 aromatic heterocycles. The molecule has 0 saturated heterocycles. The summed E-state index contributed by atoms with van der Waals surface area (Å²) in [5.41, 5.74) is 25.7. The predicted octanol–water partition coefficient (Wildman–Crippen LogP) is 20.1. The molecule has 0 fully saturated rings. The lowest BCUT2D eigenvalue weighted by Crippen LogP contribution is -2.32. The van der Waals surface area contributed by atoms with Crippen molar-refractivity contribution in [1.82, 2.24) is 0 Å². The molecule has 2 aliphatic heterocycles. The van der Waals surface area contributed by atoms with Crippen LogP contribution in [-0.4, -0.2) is 0 Å². The summed E-state index contributed by atoms with van der Waals surface area (Å²) in [4.78, 5) is 2.49.